The first kappa shape index (κ1) is 19.3. The molecule has 46 heavy (non-hydrogen) atoms. The Balaban J connectivity index is 1.38. The number of benzene rings is 8. The van der Waals surface area contributed by atoms with E-state index in [1.807, 2.05) is 72.8 Å². The second-order valence-corrected chi connectivity index (χ2v) is 11.1. The predicted molar refractivity (Wildman–Crippen MR) is 194 cm³/mol. The number of rotatable bonds is 5. The van der Waals surface area contributed by atoms with Gasteiger partial charge in [-0.05, 0) is 86.8 Å². The van der Waals surface area contributed by atoms with Crippen LogP contribution in [0.4, 0.5) is 17.1 Å². The van der Waals surface area contributed by atoms with Crippen molar-refractivity contribution in [2.45, 2.75) is 0 Å². The van der Waals surface area contributed by atoms with Gasteiger partial charge in [-0.2, -0.15) is 0 Å². The summed E-state index contributed by atoms with van der Waals surface area (Å²) in [5, 5.41) is 4.92. The molecular weight excluding hydrogens is 558 g/mol. The molecule has 0 N–H and O–H groups in total. The first-order valence-corrected chi connectivity index (χ1v) is 15.0. The van der Waals surface area contributed by atoms with Crippen LogP contribution >= 0.6 is 0 Å². The average molecular weight is 596 g/mol. The van der Waals surface area contributed by atoms with Crippen LogP contribution in [0.15, 0.2) is 180 Å². The lowest BCUT2D eigenvalue weighted by atomic mass is 10.0. The Morgan fingerprint density at radius 1 is 0.435 bits per heavy atom. The molecular formula is C44H29NO. The number of hydrogen-bond donors (Lipinski definition) is 0. The Bertz CT molecular complexity index is 2940. The van der Waals surface area contributed by atoms with Crippen LogP contribution in [0.1, 0.15) is 11.0 Å². The maximum absolute atomic E-state index is 9.51. The molecule has 2 nitrogen and oxygen atoms in total. The van der Waals surface area contributed by atoms with Gasteiger partial charge in [-0.1, -0.05) is 127 Å². The van der Waals surface area contributed by atoms with Crippen LogP contribution in [0.5, 0.6) is 0 Å². The molecule has 0 bridgehead atoms. The fourth-order valence-electron chi connectivity index (χ4n) is 6.15. The zero-order valence-electron chi connectivity index (χ0n) is 32.5. The highest BCUT2D eigenvalue weighted by molar-refractivity contribution is 6.19. The van der Waals surface area contributed by atoms with Crippen molar-refractivity contribution in [2.24, 2.45) is 0 Å². The van der Waals surface area contributed by atoms with Gasteiger partial charge in [0, 0.05) is 22.1 Å². The zero-order valence-corrected chi connectivity index (χ0v) is 24.5. The number of anilines is 3. The summed E-state index contributed by atoms with van der Waals surface area (Å²) >= 11 is 0. The zero-order chi connectivity index (χ0) is 37.4. The lowest BCUT2D eigenvalue weighted by molar-refractivity contribution is 0.672. The van der Waals surface area contributed by atoms with Gasteiger partial charge in [0.05, 0.1) is 22.0 Å². The third kappa shape index (κ3) is 4.43. The van der Waals surface area contributed by atoms with Gasteiger partial charge in [0.25, 0.3) is 0 Å². The van der Waals surface area contributed by atoms with Gasteiger partial charge in [-0.25, -0.2) is 0 Å². The molecule has 0 radical (unpaired) electrons. The van der Waals surface area contributed by atoms with E-state index >= 15 is 0 Å². The normalized spacial score (nSPS) is 13.9. The van der Waals surface area contributed by atoms with E-state index in [1.165, 1.54) is 4.90 Å². The molecule has 0 aliphatic heterocycles. The van der Waals surface area contributed by atoms with Crippen molar-refractivity contribution in [1.82, 2.24) is 0 Å². The van der Waals surface area contributed by atoms with Crippen LogP contribution in [0.2, 0.25) is 0 Å². The maximum Gasteiger partial charge on any atom is 0.143 e. The van der Waals surface area contributed by atoms with Crippen LogP contribution in [0.25, 0.3) is 65.7 Å². The van der Waals surface area contributed by atoms with E-state index < -0.39 is 24.2 Å². The van der Waals surface area contributed by atoms with E-state index in [4.69, 9.17) is 4.42 Å². The van der Waals surface area contributed by atoms with Crippen molar-refractivity contribution in [3.8, 4) is 22.3 Å². The Hall–Kier alpha value is -6.12. The molecule has 1 aromatic heterocycles. The second-order valence-electron chi connectivity index (χ2n) is 11.1. The topological polar surface area (TPSA) is 16.4 Å². The van der Waals surface area contributed by atoms with Gasteiger partial charge in [0.1, 0.15) is 11.2 Å². The van der Waals surface area contributed by atoms with Crippen LogP contribution in [-0.4, -0.2) is 0 Å². The molecule has 0 fully saturated rings. The van der Waals surface area contributed by atoms with Gasteiger partial charge in [0.2, 0.25) is 0 Å². The number of furan rings is 1. The molecule has 0 amide bonds. The van der Waals surface area contributed by atoms with E-state index in [9.17, 15) is 11.0 Å². The van der Waals surface area contributed by atoms with E-state index in [1.54, 1.807) is 54.6 Å². The van der Waals surface area contributed by atoms with Crippen molar-refractivity contribution in [3.63, 3.8) is 0 Å². The first-order chi connectivity index (χ1) is 26.2. The van der Waals surface area contributed by atoms with Gasteiger partial charge in [0.15, 0.2) is 0 Å². The van der Waals surface area contributed by atoms with E-state index in [0.29, 0.717) is 38.8 Å². The summed E-state index contributed by atoms with van der Waals surface area (Å²) in [7, 11) is 0. The van der Waals surface area contributed by atoms with Crippen molar-refractivity contribution in [1.29, 1.82) is 0 Å². The monoisotopic (exact) mass is 595 g/mol. The lowest BCUT2D eigenvalue weighted by Gasteiger charge is -2.26. The van der Waals surface area contributed by atoms with E-state index in [2.05, 4.69) is 0 Å². The number of nitrogens with zero attached hydrogens (tertiary/aromatic N) is 1. The number of fused-ring (bicyclic) bond motifs is 6. The van der Waals surface area contributed by atoms with Crippen LogP contribution in [0.3, 0.4) is 0 Å². The van der Waals surface area contributed by atoms with Crippen molar-refractivity contribution < 1.29 is 15.4 Å². The molecule has 0 unspecified atom stereocenters. The molecule has 0 aliphatic carbocycles. The largest absolute Gasteiger partial charge is 0.455 e. The van der Waals surface area contributed by atoms with Gasteiger partial charge in [-0.3, -0.25) is 0 Å². The van der Waals surface area contributed by atoms with Crippen LogP contribution in [-0.2, 0) is 0 Å². The standard InChI is InChI=1S/C44H29NO/c1-2-9-30(10-3-1)32-19-24-37(25-20-32)45(38-26-21-33(22-27-38)36-18-17-31-11-4-5-13-35(31)29-36)41-15-8-16-42-43(41)40-28-23-34-12-6-7-14-39(34)44(40)46-42/h1-29H/i19D,20D,21D,22D,24D,25D,26D,27D. The fourth-order valence-corrected chi connectivity index (χ4v) is 6.15. The summed E-state index contributed by atoms with van der Waals surface area (Å²) in [5.74, 6) is 0. The Labute approximate surface area is 278 Å². The smallest absolute Gasteiger partial charge is 0.143 e. The van der Waals surface area contributed by atoms with Crippen LogP contribution < -0.4 is 4.90 Å². The Morgan fingerprint density at radius 3 is 1.83 bits per heavy atom. The Morgan fingerprint density at radius 2 is 1.07 bits per heavy atom. The molecule has 1 heterocycles. The molecule has 0 saturated heterocycles. The van der Waals surface area contributed by atoms with Crippen molar-refractivity contribution in [2.75, 3.05) is 4.90 Å². The minimum atomic E-state index is -0.404. The molecule has 0 aliphatic rings. The second kappa shape index (κ2) is 10.8. The molecule has 0 atom stereocenters. The molecule has 2 heteroatoms. The molecule has 0 saturated carbocycles. The predicted octanol–water partition coefficient (Wildman–Crippen LogP) is 12.7. The summed E-state index contributed by atoms with van der Waals surface area (Å²) in [6.07, 6.45) is 0. The molecule has 0 spiro atoms. The fraction of sp³-hybridized carbons (Fsp3) is 0. The van der Waals surface area contributed by atoms with E-state index in [0.717, 1.165) is 21.5 Å². The summed E-state index contributed by atoms with van der Waals surface area (Å²) in [6.45, 7) is 0. The summed E-state index contributed by atoms with van der Waals surface area (Å²) in [6, 6.07) is 36.0. The summed E-state index contributed by atoms with van der Waals surface area (Å²) in [4.78, 5) is 1.35. The number of hydrogen-bond acceptors (Lipinski definition) is 2. The minimum absolute atomic E-state index is 0.108. The SMILES string of the molecule is [2H]c1c([2H])c(N(c2c([2H])c([2H])c(-c3ccc4ccccc4c3)c([2H])c2[2H])c2cccc3oc4c5ccccc5ccc4c23)c([2H])c([2H])c1-c1ccccc1. The highest BCUT2D eigenvalue weighted by Crippen LogP contribution is 2.44. The lowest BCUT2D eigenvalue weighted by Crippen LogP contribution is -2.10. The van der Waals surface area contributed by atoms with Crippen LogP contribution in [0, 0.1) is 0 Å². The van der Waals surface area contributed by atoms with Crippen molar-refractivity contribution >= 4 is 60.5 Å². The average Bonchev–Trinajstić information content (AvgIpc) is 3.59. The van der Waals surface area contributed by atoms with Gasteiger partial charge < -0.3 is 9.32 Å². The van der Waals surface area contributed by atoms with Crippen molar-refractivity contribution in [3.05, 3.63) is 176 Å². The molecule has 8 aromatic carbocycles. The Kier molecular flexibility index (Phi) is 4.53. The summed E-state index contributed by atoms with van der Waals surface area (Å²) < 4.78 is 81.4. The molecule has 9 rings (SSSR count). The minimum Gasteiger partial charge on any atom is -0.455 e. The van der Waals surface area contributed by atoms with Gasteiger partial charge in [-0.15, -0.1) is 0 Å². The highest BCUT2D eigenvalue weighted by Gasteiger charge is 2.20. The van der Waals surface area contributed by atoms with E-state index in [-0.39, 0.29) is 46.7 Å². The quantitative estimate of drug-likeness (QED) is 0.197. The third-order valence-corrected chi connectivity index (χ3v) is 8.38. The highest BCUT2D eigenvalue weighted by atomic mass is 16.3. The molecule has 9 aromatic rings. The summed E-state index contributed by atoms with van der Waals surface area (Å²) in [5.41, 5.74) is 2.17. The molecule has 216 valence electrons. The first-order valence-electron chi connectivity index (χ1n) is 19.0. The van der Waals surface area contributed by atoms with Gasteiger partial charge >= 0.3 is 0 Å². The third-order valence-electron chi connectivity index (χ3n) is 8.38. The maximum atomic E-state index is 9.51.